The van der Waals surface area contributed by atoms with Crippen LogP contribution in [0.2, 0.25) is 0 Å². The fourth-order valence-corrected chi connectivity index (χ4v) is 10.9. The number of ether oxygens (including phenoxy) is 9. The normalized spacial score (nSPS) is 22.4. The zero-order chi connectivity index (χ0) is 51.8. The van der Waals surface area contributed by atoms with Crippen molar-refractivity contribution in [3.05, 3.63) is 229 Å². The van der Waals surface area contributed by atoms with Gasteiger partial charge in [0.1, 0.15) is 34.3 Å². The molecule has 6 aromatic carbocycles. The largest absolute Gasteiger partial charge is 0.361 e. The lowest BCUT2D eigenvalue weighted by atomic mass is 9.82. The van der Waals surface area contributed by atoms with Crippen molar-refractivity contribution in [3.8, 4) is 0 Å². The van der Waals surface area contributed by atoms with Crippen LogP contribution in [0.25, 0.3) is 14.5 Å². The third kappa shape index (κ3) is 11.3. The lowest BCUT2D eigenvalue weighted by molar-refractivity contribution is -0.0738. The number of fused-ring (bicyclic) bond motifs is 3. The molecule has 76 heavy (non-hydrogen) atoms. The minimum Gasteiger partial charge on any atom is -0.361 e. The Labute approximate surface area is 441 Å². The zero-order valence-electron chi connectivity index (χ0n) is 41.1. The van der Waals surface area contributed by atoms with Gasteiger partial charge in [-0.3, -0.25) is 0 Å². The molecule has 6 aromatic rings. The Morgan fingerprint density at radius 2 is 0.632 bits per heavy atom. The first-order valence-electron chi connectivity index (χ1n) is 25.1. The van der Waals surface area contributed by atoms with Gasteiger partial charge in [-0.1, -0.05) is 98.4 Å². The summed E-state index contributed by atoms with van der Waals surface area (Å²) in [6.45, 7) is 26.6. The van der Waals surface area contributed by atoms with Crippen LogP contribution in [0.3, 0.4) is 0 Å². The van der Waals surface area contributed by atoms with Crippen LogP contribution in [0, 0.1) is 37.2 Å². The maximum atomic E-state index is 13.4. The topological polar surface area (TPSA) is 96.2 Å². The van der Waals surface area contributed by atoms with Crippen LogP contribution in [0.4, 0.5) is 30.2 Å². The Morgan fingerprint density at radius 3 is 0.868 bits per heavy atom. The summed E-state index contributed by atoms with van der Waals surface area (Å²) in [5.41, 5.74) is 8.61. The number of benzene rings is 6. The monoisotopic (exact) mass is 1030 g/mol. The van der Waals surface area contributed by atoms with Crippen molar-refractivity contribution < 1.29 is 55.8 Å². The minimum atomic E-state index is -0.668. The van der Waals surface area contributed by atoms with E-state index in [9.17, 15) is 13.2 Å². The summed E-state index contributed by atoms with van der Waals surface area (Å²) in [4.78, 5) is 10.5. The SMILES string of the molecule is C.[C-]#[N+]c1ccc2c(c1)COC2(CCC1OCCO1)c1ccc(F)cc1.[C-]#[N+]c1ccc2c(c1)CO[C@@]2(CCC1OCCO1)c1ccc(F)cc1.[C-]#[N+]c1ccc2c(c1)CO[C@]2(CCC1OCCO1)c1ccc(F)cc1. The Hall–Kier alpha value is -6.78. The molecule has 3 fully saturated rings. The number of hydrogen-bond donors (Lipinski definition) is 0. The molecule has 12 nitrogen and oxygen atoms in total. The Morgan fingerprint density at radius 1 is 0.382 bits per heavy atom. The predicted molar refractivity (Wildman–Crippen MR) is 276 cm³/mol. The molecule has 392 valence electrons. The van der Waals surface area contributed by atoms with E-state index in [1.54, 1.807) is 54.6 Å². The third-order valence-corrected chi connectivity index (χ3v) is 14.6. The van der Waals surface area contributed by atoms with E-state index in [0.717, 1.165) is 50.1 Å². The second-order valence-corrected chi connectivity index (χ2v) is 18.9. The van der Waals surface area contributed by atoms with Gasteiger partial charge >= 0.3 is 0 Å². The highest BCUT2D eigenvalue weighted by molar-refractivity contribution is 5.57. The van der Waals surface area contributed by atoms with Gasteiger partial charge < -0.3 is 42.6 Å². The number of nitrogens with zero attached hydrogens (tertiary/aromatic N) is 3. The van der Waals surface area contributed by atoms with Crippen molar-refractivity contribution in [1.29, 1.82) is 0 Å². The van der Waals surface area contributed by atoms with Gasteiger partial charge in [-0.2, -0.15) is 0 Å². The summed E-state index contributed by atoms with van der Waals surface area (Å²) < 4.78 is 92.4. The molecule has 12 rings (SSSR count). The molecule has 0 aromatic heterocycles. The molecule has 0 amide bonds. The first kappa shape index (κ1) is 54.0. The van der Waals surface area contributed by atoms with E-state index in [1.165, 1.54) is 36.4 Å². The lowest BCUT2D eigenvalue weighted by Gasteiger charge is -2.31. The Bertz CT molecular complexity index is 2760. The fraction of sp³-hybridized carbons (Fsp3) is 0.361. The second kappa shape index (κ2) is 24.0. The van der Waals surface area contributed by atoms with Crippen molar-refractivity contribution >= 4 is 17.1 Å². The molecule has 6 aliphatic heterocycles. The van der Waals surface area contributed by atoms with Gasteiger partial charge in [0.25, 0.3) is 0 Å². The molecule has 0 radical (unpaired) electrons. The van der Waals surface area contributed by atoms with Crippen LogP contribution in [0.5, 0.6) is 0 Å². The summed E-state index contributed by atoms with van der Waals surface area (Å²) >= 11 is 0. The van der Waals surface area contributed by atoms with E-state index in [0.29, 0.717) is 115 Å². The van der Waals surface area contributed by atoms with Crippen LogP contribution >= 0.6 is 0 Å². The molecule has 3 saturated heterocycles. The number of hydrogen-bond acceptors (Lipinski definition) is 9. The van der Waals surface area contributed by atoms with Crippen molar-refractivity contribution in [1.82, 2.24) is 0 Å². The standard InChI is InChI=1S/3C20H18FNO3.CH4/c3*1-22-17-6-7-18-14(12-17)13-25-20(18,9-8-19-23-10-11-24-19)15-2-4-16(21)5-3-15;/h3*2-7,12,19H,8-11,13H2;1H4/t2*20-;;/m10../s1. The minimum absolute atomic E-state index is 0. The molecule has 0 spiro atoms. The lowest BCUT2D eigenvalue weighted by Crippen LogP contribution is -2.29. The average molecular weight is 1030 g/mol. The van der Waals surface area contributed by atoms with Crippen molar-refractivity contribution in [2.75, 3.05) is 39.6 Å². The van der Waals surface area contributed by atoms with Gasteiger partial charge in [-0.15, -0.1) is 0 Å². The average Bonchev–Trinajstić information content (AvgIpc) is 4.36. The van der Waals surface area contributed by atoms with E-state index in [-0.39, 0.29) is 43.7 Å². The van der Waals surface area contributed by atoms with Crippen LogP contribution < -0.4 is 0 Å². The Kier molecular flexibility index (Phi) is 17.1. The van der Waals surface area contributed by atoms with E-state index < -0.39 is 16.8 Å². The summed E-state index contributed by atoms with van der Waals surface area (Å²) in [5.74, 6) is -0.825. The predicted octanol–water partition coefficient (Wildman–Crippen LogP) is 13.5. The maximum Gasteiger partial charge on any atom is 0.187 e. The van der Waals surface area contributed by atoms with Gasteiger partial charge in [0.2, 0.25) is 0 Å². The highest BCUT2D eigenvalue weighted by Crippen LogP contribution is 2.50. The van der Waals surface area contributed by atoms with E-state index in [1.807, 2.05) is 36.4 Å². The van der Waals surface area contributed by atoms with E-state index in [2.05, 4.69) is 14.5 Å². The molecule has 3 atom stereocenters. The molecule has 0 bridgehead atoms. The molecular weight excluding hydrogens is 976 g/mol. The van der Waals surface area contributed by atoms with Crippen molar-refractivity contribution in [2.24, 2.45) is 0 Å². The molecule has 6 aliphatic rings. The molecule has 0 aliphatic carbocycles. The fourth-order valence-electron chi connectivity index (χ4n) is 10.9. The number of halogens is 3. The van der Waals surface area contributed by atoms with E-state index >= 15 is 0 Å². The number of rotatable bonds is 12. The van der Waals surface area contributed by atoms with Gasteiger partial charge in [0, 0.05) is 19.3 Å². The first-order valence-corrected chi connectivity index (χ1v) is 25.1. The van der Waals surface area contributed by atoms with Gasteiger partial charge in [0.05, 0.1) is 79.2 Å². The van der Waals surface area contributed by atoms with Gasteiger partial charge in [-0.25, -0.2) is 27.7 Å². The zero-order valence-corrected chi connectivity index (χ0v) is 41.1. The summed E-state index contributed by atoms with van der Waals surface area (Å²) in [7, 11) is 0. The van der Waals surface area contributed by atoms with Crippen LogP contribution in [-0.2, 0) is 79.3 Å². The van der Waals surface area contributed by atoms with Crippen molar-refractivity contribution in [3.63, 3.8) is 0 Å². The molecule has 1 unspecified atom stereocenters. The van der Waals surface area contributed by atoms with E-state index in [4.69, 9.17) is 62.3 Å². The molecular formula is C61H58F3N3O9. The first-order chi connectivity index (χ1) is 36.6. The molecule has 0 N–H and O–H groups in total. The summed E-state index contributed by atoms with van der Waals surface area (Å²) in [5, 5.41) is 0. The van der Waals surface area contributed by atoms with Crippen LogP contribution in [0.15, 0.2) is 127 Å². The van der Waals surface area contributed by atoms with Crippen molar-refractivity contribution in [2.45, 2.75) is 101 Å². The quantitative estimate of drug-likeness (QED) is 0.111. The molecule has 6 heterocycles. The van der Waals surface area contributed by atoms with Gasteiger partial charge in [-0.05, 0) is 106 Å². The molecule has 15 heteroatoms. The highest BCUT2D eigenvalue weighted by Gasteiger charge is 2.45. The third-order valence-electron chi connectivity index (χ3n) is 14.6. The summed E-state index contributed by atoms with van der Waals surface area (Å²) in [6, 6.07) is 36.2. The maximum absolute atomic E-state index is 13.4. The second-order valence-electron chi connectivity index (χ2n) is 18.9. The highest BCUT2D eigenvalue weighted by atomic mass is 19.1. The van der Waals surface area contributed by atoms with Gasteiger partial charge in [0.15, 0.2) is 35.9 Å². The van der Waals surface area contributed by atoms with Crippen LogP contribution in [-0.4, -0.2) is 58.5 Å². The summed E-state index contributed by atoms with van der Waals surface area (Å²) in [6.07, 6.45) is 3.34. The van der Waals surface area contributed by atoms with Crippen LogP contribution in [0.1, 0.15) is 96.0 Å². The molecule has 0 saturated carbocycles. The Balaban J connectivity index is 0.000000138. The smallest absolute Gasteiger partial charge is 0.187 e.